The van der Waals surface area contributed by atoms with Gasteiger partial charge in [0.05, 0.1) is 4.90 Å². The number of rotatable bonds is 5. The van der Waals surface area contributed by atoms with Crippen LogP contribution in [-0.2, 0) is 10.0 Å². The molecule has 0 aliphatic carbocycles. The largest absolute Gasteiger partial charge is 0.369 e. The van der Waals surface area contributed by atoms with Gasteiger partial charge >= 0.3 is 0 Å². The molecule has 31 heavy (non-hydrogen) atoms. The molecule has 0 aromatic heterocycles. The molecule has 0 saturated carbocycles. The van der Waals surface area contributed by atoms with Crippen molar-refractivity contribution in [2.75, 3.05) is 36.4 Å². The highest BCUT2D eigenvalue weighted by atomic mass is 32.2. The average Bonchev–Trinajstić information content (AvgIpc) is 2.81. The van der Waals surface area contributed by atoms with Crippen LogP contribution in [0.15, 0.2) is 83.8 Å². The van der Waals surface area contributed by atoms with Crippen LogP contribution in [0.4, 0.5) is 11.4 Å². The second kappa shape index (κ2) is 8.91. The minimum Gasteiger partial charge on any atom is -0.369 e. The highest BCUT2D eigenvalue weighted by Gasteiger charge is 2.29. The van der Waals surface area contributed by atoms with E-state index in [1.807, 2.05) is 36.4 Å². The van der Waals surface area contributed by atoms with Gasteiger partial charge in [-0.1, -0.05) is 36.4 Å². The van der Waals surface area contributed by atoms with Gasteiger partial charge in [0.25, 0.3) is 5.91 Å². The van der Waals surface area contributed by atoms with E-state index >= 15 is 0 Å². The van der Waals surface area contributed by atoms with Gasteiger partial charge in [0.2, 0.25) is 10.0 Å². The van der Waals surface area contributed by atoms with Crippen LogP contribution >= 0.6 is 0 Å². The van der Waals surface area contributed by atoms with Crippen molar-refractivity contribution in [2.24, 2.45) is 0 Å². The number of hydrogen-bond donors (Lipinski definition) is 1. The van der Waals surface area contributed by atoms with Gasteiger partial charge in [-0.3, -0.25) is 4.79 Å². The number of sulfonamides is 1. The third-order valence-corrected chi connectivity index (χ3v) is 7.37. The molecule has 160 valence electrons. The summed E-state index contributed by atoms with van der Waals surface area (Å²) in [6, 6.07) is 23.8. The molecule has 6 nitrogen and oxygen atoms in total. The lowest BCUT2D eigenvalue weighted by atomic mass is 10.1. The van der Waals surface area contributed by atoms with Crippen molar-refractivity contribution in [3.63, 3.8) is 0 Å². The minimum atomic E-state index is -3.59. The Bertz CT molecular complexity index is 1160. The van der Waals surface area contributed by atoms with Crippen LogP contribution in [0.2, 0.25) is 0 Å². The maximum atomic E-state index is 13.2. The van der Waals surface area contributed by atoms with Gasteiger partial charge in [0.15, 0.2) is 0 Å². The number of anilines is 2. The lowest BCUT2D eigenvalue weighted by Crippen LogP contribution is -2.48. The van der Waals surface area contributed by atoms with Crippen LogP contribution in [0.1, 0.15) is 15.9 Å². The van der Waals surface area contributed by atoms with Crippen LogP contribution in [0.25, 0.3) is 0 Å². The molecule has 1 N–H and O–H groups in total. The predicted octanol–water partition coefficient (Wildman–Crippen LogP) is 3.76. The first-order valence-electron chi connectivity index (χ1n) is 10.2. The zero-order chi connectivity index (χ0) is 21.8. The first-order valence-corrected chi connectivity index (χ1v) is 11.7. The molecular weight excluding hydrogens is 410 g/mol. The number of hydrogen-bond acceptors (Lipinski definition) is 4. The molecule has 1 fully saturated rings. The zero-order valence-corrected chi connectivity index (χ0v) is 18.2. The van der Waals surface area contributed by atoms with Gasteiger partial charge in [0.1, 0.15) is 0 Å². The van der Waals surface area contributed by atoms with Crippen molar-refractivity contribution < 1.29 is 13.2 Å². The van der Waals surface area contributed by atoms with E-state index in [0.717, 1.165) is 5.69 Å². The van der Waals surface area contributed by atoms with E-state index in [-0.39, 0.29) is 10.8 Å². The molecule has 1 heterocycles. The smallest absolute Gasteiger partial charge is 0.255 e. The van der Waals surface area contributed by atoms with Gasteiger partial charge in [-0.2, -0.15) is 4.31 Å². The monoisotopic (exact) mass is 435 g/mol. The lowest BCUT2D eigenvalue weighted by Gasteiger charge is -2.35. The topological polar surface area (TPSA) is 69.7 Å². The number of nitrogens with zero attached hydrogens (tertiary/aromatic N) is 2. The number of piperazine rings is 1. The molecule has 3 aromatic rings. The molecule has 0 atom stereocenters. The molecule has 0 spiro atoms. The first kappa shape index (κ1) is 21.1. The Morgan fingerprint density at radius 1 is 0.839 bits per heavy atom. The number of para-hydroxylation sites is 1. The van der Waals surface area contributed by atoms with E-state index in [0.29, 0.717) is 43.0 Å². The quantitative estimate of drug-likeness (QED) is 0.663. The Kier molecular flexibility index (Phi) is 6.06. The SMILES string of the molecule is Cc1cc(S(=O)(=O)N2CCN(c3ccccc3)CC2)ccc1NC(=O)c1ccccc1. The molecule has 1 aliphatic rings. The Morgan fingerprint density at radius 2 is 1.45 bits per heavy atom. The van der Waals surface area contributed by atoms with Crippen molar-refractivity contribution in [2.45, 2.75) is 11.8 Å². The van der Waals surface area contributed by atoms with Crippen LogP contribution in [0.3, 0.4) is 0 Å². The predicted molar refractivity (Wildman–Crippen MR) is 123 cm³/mol. The lowest BCUT2D eigenvalue weighted by molar-refractivity contribution is 0.102. The second-order valence-corrected chi connectivity index (χ2v) is 9.46. The molecule has 1 saturated heterocycles. The highest BCUT2D eigenvalue weighted by Crippen LogP contribution is 2.25. The molecule has 3 aromatic carbocycles. The number of nitrogens with one attached hydrogen (secondary N) is 1. The van der Waals surface area contributed by atoms with Gasteiger partial charge in [0, 0.05) is 43.1 Å². The summed E-state index contributed by atoms with van der Waals surface area (Å²) in [5.74, 6) is -0.226. The summed E-state index contributed by atoms with van der Waals surface area (Å²) in [6.45, 7) is 3.96. The van der Waals surface area contributed by atoms with Crippen molar-refractivity contribution in [1.82, 2.24) is 4.31 Å². The van der Waals surface area contributed by atoms with Crippen molar-refractivity contribution in [3.8, 4) is 0 Å². The maximum Gasteiger partial charge on any atom is 0.255 e. The van der Waals surface area contributed by atoms with Crippen LogP contribution < -0.4 is 10.2 Å². The summed E-state index contributed by atoms with van der Waals surface area (Å²) in [4.78, 5) is 14.8. The normalized spacial score (nSPS) is 14.9. The van der Waals surface area contributed by atoms with Crippen LogP contribution in [0, 0.1) is 6.92 Å². The maximum absolute atomic E-state index is 13.2. The highest BCUT2D eigenvalue weighted by molar-refractivity contribution is 7.89. The molecule has 0 unspecified atom stereocenters. The number of carbonyl (C=O) groups is 1. The molecule has 0 bridgehead atoms. The second-order valence-electron chi connectivity index (χ2n) is 7.52. The fourth-order valence-electron chi connectivity index (χ4n) is 3.70. The summed E-state index contributed by atoms with van der Waals surface area (Å²) in [6.07, 6.45) is 0. The molecular formula is C24H25N3O3S. The van der Waals surface area contributed by atoms with E-state index in [1.165, 1.54) is 4.31 Å². The molecule has 1 aliphatic heterocycles. The van der Waals surface area contributed by atoms with Crippen molar-refractivity contribution >= 4 is 27.3 Å². The Balaban J connectivity index is 1.45. The summed E-state index contributed by atoms with van der Waals surface area (Å²) in [5.41, 5.74) is 2.96. The molecule has 4 rings (SSSR count). The van der Waals surface area contributed by atoms with Gasteiger partial charge in [-0.15, -0.1) is 0 Å². The Labute approximate surface area is 183 Å². The molecule has 1 amide bonds. The Hall–Kier alpha value is -3.16. The van der Waals surface area contributed by atoms with E-state index < -0.39 is 10.0 Å². The number of aryl methyl sites for hydroxylation is 1. The fraction of sp³-hybridized carbons (Fsp3) is 0.208. The first-order chi connectivity index (χ1) is 14.9. The summed E-state index contributed by atoms with van der Waals surface area (Å²) in [7, 11) is -3.59. The van der Waals surface area contributed by atoms with Gasteiger partial charge in [-0.25, -0.2) is 8.42 Å². The van der Waals surface area contributed by atoms with Crippen LogP contribution in [0.5, 0.6) is 0 Å². The van der Waals surface area contributed by atoms with Crippen molar-refractivity contribution in [3.05, 3.63) is 90.0 Å². The minimum absolute atomic E-state index is 0.226. The third kappa shape index (κ3) is 4.62. The molecule has 7 heteroatoms. The molecule has 0 radical (unpaired) electrons. The number of amides is 1. The standard InChI is InChI=1S/C24H25N3O3S/c1-19-18-22(12-13-23(19)25-24(28)20-8-4-2-5-9-20)31(29,30)27-16-14-26(15-17-27)21-10-6-3-7-11-21/h2-13,18H,14-17H2,1H3,(H,25,28). The summed E-state index contributed by atoms with van der Waals surface area (Å²) < 4.78 is 27.8. The zero-order valence-electron chi connectivity index (χ0n) is 17.4. The summed E-state index contributed by atoms with van der Waals surface area (Å²) >= 11 is 0. The van der Waals surface area contributed by atoms with E-state index in [2.05, 4.69) is 10.2 Å². The van der Waals surface area contributed by atoms with Crippen molar-refractivity contribution in [1.29, 1.82) is 0 Å². The van der Waals surface area contributed by atoms with E-state index in [4.69, 9.17) is 0 Å². The summed E-state index contributed by atoms with van der Waals surface area (Å²) in [5, 5.41) is 2.85. The van der Waals surface area contributed by atoms with Crippen LogP contribution in [-0.4, -0.2) is 44.8 Å². The third-order valence-electron chi connectivity index (χ3n) is 5.48. The Morgan fingerprint density at radius 3 is 2.06 bits per heavy atom. The van der Waals surface area contributed by atoms with Gasteiger partial charge in [-0.05, 0) is 55.0 Å². The fourth-order valence-corrected chi connectivity index (χ4v) is 5.20. The number of benzene rings is 3. The van der Waals surface area contributed by atoms with Gasteiger partial charge < -0.3 is 10.2 Å². The number of carbonyl (C=O) groups excluding carboxylic acids is 1. The van der Waals surface area contributed by atoms with E-state index in [1.54, 1.807) is 49.4 Å². The van der Waals surface area contributed by atoms with E-state index in [9.17, 15) is 13.2 Å². The average molecular weight is 436 g/mol.